The molecule has 16 heavy (non-hydrogen) atoms. The van der Waals surface area contributed by atoms with Crippen molar-refractivity contribution in [1.29, 1.82) is 0 Å². The van der Waals surface area contributed by atoms with Crippen molar-refractivity contribution in [3.8, 4) is 0 Å². The molecule has 96 valence electrons. The summed E-state index contributed by atoms with van der Waals surface area (Å²) < 4.78 is 0. The number of halogens is 1. The summed E-state index contributed by atoms with van der Waals surface area (Å²) in [7, 11) is 0. The molecule has 1 amide bonds. The molecule has 3 nitrogen and oxygen atoms in total. The van der Waals surface area contributed by atoms with E-state index in [-0.39, 0.29) is 18.3 Å². The van der Waals surface area contributed by atoms with Crippen LogP contribution in [0.25, 0.3) is 0 Å². The average Bonchev–Trinajstić information content (AvgIpc) is 2.26. The minimum Gasteiger partial charge on any atom is -0.352 e. The third-order valence-corrected chi connectivity index (χ3v) is 3.52. The third-order valence-electron chi connectivity index (χ3n) is 3.52. The average molecular weight is 249 g/mol. The first-order chi connectivity index (χ1) is 7.12. The molecular weight excluding hydrogens is 224 g/mol. The van der Waals surface area contributed by atoms with Crippen LogP contribution in [0.4, 0.5) is 0 Å². The molecule has 4 heteroatoms. The summed E-state index contributed by atoms with van der Waals surface area (Å²) in [6, 6.07) is 0.292. The van der Waals surface area contributed by atoms with E-state index in [9.17, 15) is 4.79 Å². The van der Waals surface area contributed by atoms with Crippen LogP contribution in [0.3, 0.4) is 0 Å². The Balaban J connectivity index is 0.00000225. The van der Waals surface area contributed by atoms with E-state index in [2.05, 4.69) is 19.2 Å². The first kappa shape index (κ1) is 15.7. The highest BCUT2D eigenvalue weighted by molar-refractivity contribution is 5.86. The van der Waals surface area contributed by atoms with Gasteiger partial charge in [0.25, 0.3) is 0 Å². The van der Waals surface area contributed by atoms with Crippen molar-refractivity contribution >= 4 is 18.3 Å². The second-order valence-electron chi connectivity index (χ2n) is 4.70. The van der Waals surface area contributed by atoms with Crippen LogP contribution >= 0.6 is 12.4 Å². The van der Waals surface area contributed by atoms with Crippen LogP contribution in [0.5, 0.6) is 0 Å². The Bertz CT molecular complexity index is 211. The van der Waals surface area contributed by atoms with Crippen molar-refractivity contribution in [3.05, 3.63) is 0 Å². The predicted molar refractivity (Wildman–Crippen MR) is 69.8 cm³/mol. The first-order valence-electron chi connectivity index (χ1n) is 6.22. The Morgan fingerprint density at radius 3 is 2.19 bits per heavy atom. The van der Waals surface area contributed by atoms with Crippen molar-refractivity contribution < 1.29 is 4.79 Å². The number of rotatable bonds is 4. The number of amides is 1. The molecule has 1 fully saturated rings. The van der Waals surface area contributed by atoms with Gasteiger partial charge in [0, 0.05) is 6.04 Å². The maximum Gasteiger partial charge on any atom is 0.240 e. The zero-order valence-corrected chi connectivity index (χ0v) is 11.2. The molecular formula is C12H25ClN2O. The van der Waals surface area contributed by atoms with Gasteiger partial charge >= 0.3 is 0 Å². The van der Waals surface area contributed by atoms with Gasteiger partial charge in [0.1, 0.15) is 0 Å². The van der Waals surface area contributed by atoms with Gasteiger partial charge in [-0.05, 0) is 25.7 Å². The molecule has 1 aliphatic carbocycles. The molecule has 1 saturated carbocycles. The highest BCUT2D eigenvalue weighted by atomic mass is 35.5. The number of nitrogens with one attached hydrogen (secondary N) is 1. The lowest BCUT2D eigenvalue weighted by Gasteiger charge is -2.33. The molecule has 0 saturated heterocycles. The third kappa shape index (κ3) is 3.95. The Hall–Kier alpha value is -0.280. The minimum absolute atomic E-state index is 0. The van der Waals surface area contributed by atoms with E-state index >= 15 is 0 Å². The maximum atomic E-state index is 12.0. The predicted octanol–water partition coefficient (Wildman–Crippen LogP) is 2.37. The highest BCUT2D eigenvalue weighted by Crippen LogP contribution is 2.26. The fourth-order valence-corrected chi connectivity index (χ4v) is 2.23. The van der Waals surface area contributed by atoms with Crippen molar-refractivity contribution in [2.45, 2.75) is 70.4 Å². The van der Waals surface area contributed by atoms with Crippen molar-refractivity contribution in [3.63, 3.8) is 0 Å². The van der Waals surface area contributed by atoms with Crippen LogP contribution in [0.15, 0.2) is 0 Å². The Morgan fingerprint density at radius 1 is 1.25 bits per heavy atom. The van der Waals surface area contributed by atoms with Crippen LogP contribution in [-0.4, -0.2) is 17.5 Å². The summed E-state index contributed by atoms with van der Waals surface area (Å²) in [4.78, 5) is 12.0. The molecule has 0 aromatic rings. The number of hydrogen-bond acceptors (Lipinski definition) is 2. The van der Waals surface area contributed by atoms with E-state index in [4.69, 9.17) is 5.73 Å². The molecule has 1 aliphatic rings. The maximum absolute atomic E-state index is 12.0. The van der Waals surface area contributed by atoms with Crippen molar-refractivity contribution in [2.24, 2.45) is 5.73 Å². The Labute approximate surface area is 105 Å². The topological polar surface area (TPSA) is 55.1 Å². The van der Waals surface area contributed by atoms with E-state index < -0.39 is 5.54 Å². The minimum atomic E-state index is -0.582. The van der Waals surface area contributed by atoms with E-state index in [1.165, 1.54) is 6.42 Å². The van der Waals surface area contributed by atoms with Crippen LogP contribution in [0.1, 0.15) is 58.8 Å². The van der Waals surface area contributed by atoms with Crippen LogP contribution in [0.2, 0.25) is 0 Å². The summed E-state index contributed by atoms with van der Waals surface area (Å²) in [5, 5.41) is 3.06. The lowest BCUT2D eigenvalue weighted by atomic mass is 9.81. The molecule has 0 unspecified atom stereocenters. The summed E-state index contributed by atoms with van der Waals surface area (Å²) >= 11 is 0. The first-order valence-corrected chi connectivity index (χ1v) is 6.22. The standard InChI is InChI=1S/C12H24N2O.ClH/c1-3-10(4-2)14-11(15)12(13)8-6-5-7-9-12;/h10H,3-9,13H2,1-2H3,(H,14,15);1H. The number of nitrogens with two attached hydrogens (primary N) is 1. The van der Waals surface area contributed by atoms with Gasteiger partial charge in [0.05, 0.1) is 5.54 Å². The molecule has 0 atom stereocenters. The van der Waals surface area contributed by atoms with Gasteiger partial charge in [0.2, 0.25) is 5.91 Å². The van der Waals surface area contributed by atoms with E-state index in [1.807, 2.05) is 0 Å². The fourth-order valence-electron chi connectivity index (χ4n) is 2.23. The second kappa shape index (κ2) is 7.13. The van der Waals surface area contributed by atoms with Crippen LogP contribution in [0, 0.1) is 0 Å². The van der Waals surface area contributed by atoms with E-state index in [1.54, 1.807) is 0 Å². The summed E-state index contributed by atoms with van der Waals surface area (Å²) in [6.07, 6.45) is 7.06. The monoisotopic (exact) mass is 248 g/mol. The molecule has 3 N–H and O–H groups in total. The lowest BCUT2D eigenvalue weighted by Crippen LogP contribution is -2.56. The van der Waals surface area contributed by atoms with Gasteiger partial charge in [-0.3, -0.25) is 4.79 Å². The summed E-state index contributed by atoms with van der Waals surface area (Å²) in [5.41, 5.74) is 5.57. The Kier molecular flexibility index (Phi) is 7.00. The van der Waals surface area contributed by atoms with Crippen molar-refractivity contribution in [1.82, 2.24) is 5.32 Å². The summed E-state index contributed by atoms with van der Waals surface area (Å²) in [5.74, 6) is 0.0656. The number of carbonyl (C=O) groups excluding carboxylic acids is 1. The van der Waals surface area contributed by atoms with Gasteiger partial charge in [-0.25, -0.2) is 0 Å². The smallest absolute Gasteiger partial charge is 0.240 e. The molecule has 0 aromatic heterocycles. The van der Waals surface area contributed by atoms with Gasteiger partial charge in [0.15, 0.2) is 0 Å². The van der Waals surface area contributed by atoms with Gasteiger partial charge in [-0.1, -0.05) is 33.1 Å². The van der Waals surface area contributed by atoms with E-state index in [0.717, 1.165) is 38.5 Å². The molecule has 0 bridgehead atoms. The molecule has 1 rings (SSSR count). The zero-order chi connectivity index (χ0) is 11.3. The summed E-state index contributed by atoms with van der Waals surface area (Å²) in [6.45, 7) is 4.19. The quantitative estimate of drug-likeness (QED) is 0.803. The lowest BCUT2D eigenvalue weighted by molar-refractivity contribution is -0.128. The van der Waals surface area contributed by atoms with Gasteiger partial charge in [-0.15, -0.1) is 12.4 Å². The molecule has 0 aliphatic heterocycles. The van der Waals surface area contributed by atoms with Gasteiger partial charge < -0.3 is 11.1 Å². The zero-order valence-electron chi connectivity index (χ0n) is 10.4. The number of carbonyl (C=O) groups is 1. The Morgan fingerprint density at radius 2 is 1.75 bits per heavy atom. The molecule has 0 heterocycles. The highest BCUT2D eigenvalue weighted by Gasteiger charge is 2.35. The van der Waals surface area contributed by atoms with Crippen LogP contribution < -0.4 is 11.1 Å². The van der Waals surface area contributed by atoms with E-state index in [0.29, 0.717) is 6.04 Å². The fraction of sp³-hybridized carbons (Fsp3) is 0.917. The molecule has 0 aromatic carbocycles. The van der Waals surface area contributed by atoms with Crippen LogP contribution in [-0.2, 0) is 4.79 Å². The molecule has 0 radical (unpaired) electrons. The second-order valence-corrected chi connectivity index (χ2v) is 4.70. The van der Waals surface area contributed by atoms with Gasteiger partial charge in [-0.2, -0.15) is 0 Å². The normalized spacial score (nSPS) is 19.0. The SMILES string of the molecule is CCC(CC)NC(=O)C1(N)CCCCC1.Cl. The molecule has 0 spiro atoms. The largest absolute Gasteiger partial charge is 0.352 e. The number of hydrogen-bond donors (Lipinski definition) is 2. The van der Waals surface area contributed by atoms with Crippen molar-refractivity contribution in [2.75, 3.05) is 0 Å².